The predicted molar refractivity (Wildman–Crippen MR) is 140 cm³/mol. The van der Waals surface area contributed by atoms with Gasteiger partial charge in [0.2, 0.25) is 11.9 Å². The number of rotatable bonds is 11. The summed E-state index contributed by atoms with van der Waals surface area (Å²) in [6, 6.07) is 11.1. The lowest BCUT2D eigenvalue weighted by Gasteiger charge is -2.26. The summed E-state index contributed by atoms with van der Waals surface area (Å²) >= 11 is 0. The molecule has 10 nitrogen and oxygen atoms in total. The molecule has 1 saturated heterocycles. The second-order valence-electron chi connectivity index (χ2n) is 9.58. The van der Waals surface area contributed by atoms with Crippen LogP contribution in [0.4, 0.5) is 30.8 Å². The molecule has 1 aliphatic heterocycles. The third-order valence-electron chi connectivity index (χ3n) is 6.01. The van der Waals surface area contributed by atoms with Crippen LogP contribution in [0, 0.1) is 0 Å². The lowest BCUT2D eigenvalue weighted by Crippen LogP contribution is -2.37. The SMILES string of the molecule is CC(C)(Oc1ccc(OCCOc2nc(Nc3ccc(C(F)(F)F)cc3)nc(N3CCCCC3)n2)cc1)C(=O)O. The maximum absolute atomic E-state index is 12.9. The number of carboxylic acid groups (broad SMARTS) is 1. The molecule has 0 amide bonds. The van der Waals surface area contributed by atoms with Gasteiger partial charge in [-0.25, -0.2) is 4.79 Å². The van der Waals surface area contributed by atoms with Gasteiger partial charge < -0.3 is 29.5 Å². The summed E-state index contributed by atoms with van der Waals surface area (Å²) in [7, 11) is 0. The van der Waals surface area contributed by atoms with Crippen LogP contribution >= 0.6 is 0 Å². The molecule has 2 aromatic carbocycles. The number of benzene rings is 2. The minimum absolute atomic E-state index is 0.0493. The molecule has 2 N–H and O–H groups in total. The van der Waals surface area contributed by atoms with Crippen LogP contribution in [0.15, 0.2) is 48.5 Å². The van der Waals surface area contributed by atoms with Crippen molar-refractivity contribution >= 4 is 23.6 Å². The zero-order valence-corrected chi connectivity index (χ0v) is 22.1. The Morgan fingerprint density at radius 1 is 0.900 bits per heavy atom. The molecule has 4 rings (SSSR count). The van der Waals surface area contributed by atoms with Crippen molar-refractivity contribution in [1.82, 2.24) is 15.0 Å². The Balaban J connectivity index is 1.38. The van der Waals surface area contributed by atoms with Gasteiger partial charge in [-0.05, 0) is 81.6 Å². The zero-order valence-electron chi connectivity index (χ0n) is 22.1. The predicted octanol–water partition coefficient (Wildman–Crippen LogP) is 5.32. The van der Waals surface area contributed by atoms with Gasteiger partial charge in [0.05, 0.1) is 5.56 Å². The van der Waals surface area contributed by atoms with Crippen LogP contribution in [0.25, 0.3) is 0 Å². The Kier molecular flexibility index (Phi) is 8.80. The molecule has 0 bridgehead atoms. The molecule has 214 valence electrons. The Morgan fingerprint density at radius 3 is 2.15 bits per heavy atom. The monoisotopic (exact) mass is 561 g/mol. The number of hydrogen-bond donors (Lipinski definition) is 2. The van der Waals surface area contributed by atoms with Crippen LogP contribution in [0.1, 0.15) is 38.7 Å². The standard InChI is InChI=1S/C27H30F3N5O5/c1-26(2,22(36)37)40-21-12-10-20(11-13-21)38-16-17-39-25-33-23(32-24(34-25)35-14-4-3-5-15-35)31-19-8-6-18(7-9-19)27(28,29)30/h6-13H,3-5,14-17H2,1-2H3,(H,36,37)(H,31,32,33,34). The number of ether oxygens (including phenoxy) is 3. The van der Waals surface area contributed by atoms with E-state index >= 15 is 0 Å². The molecule has 0 aliphatic carbocycles. The fraction of sp³-hybridized carbons (Fsp3) is 0.407. The summed E-state index contributed by atoms with van der Waals surface area (Å²) in [5.41, 5.74) is -1.73. The van der Waals surface area contributed by atoms with Gasteiger partial charge in [-0.3, -0.25) is 0 Å². The van der Waals surface area contributed by atoms with Crippen LogP contribution in [0.2, 0.25) is 0 Å². The average molecular weight is 562 g/mol. The van der Waals surface area contributed by atoms with E-state index in [0.717, 1.165) is 44.5 Å². The van der Waals surface area contributed by atoms with Gasteiger partial charge >= 0.3 is 18.2 Å². The smallest absolute Gasteiger partial charge is 0.416 e. The maximum atomic E-state index is 12.9. The van der Waals surface area contributed by atoms with Crippen molar-refractivity contribution in [2.24, 2.45) is 0 Å². The van der Waals surface area contributed by atoms with Crippen molar-refractivity contribution in [2.75, 3.05) is 36.5 Å². The fourth-order valence-electron chi connectivity index (χ4n) is 3.81. The van der Waals surface area contributed by atoms with E-state index in [-0.39, 0.29) is 25.2 Å². The first-order chi connectivity index (χ1) is 19.0. The van der Waals surface area contributed by atoms with Crippen LogP contribution < -0.4 is 24.4 Å². The van der Waals surface area contributed by atoms with Crippen LogP contribution in [0.3, 0.4) is 0 Å². The quantitative estimate of drug-likeness (QED) is 0.298. The first-order valence-corrected chi connectivity index (χ1v) is 12.7. The second-order valence-corrected chi connectivity index (χ2v) is 9.58. The third kappa shape index (κ3) is 7.87. The summed E-state index contributed by atoms with van der Waals surface area (Å²) in [4.78, 5) is 26.4. The zero-order chi connectivity index (χ0) is 28.8. The van der Waals surface area contributed by atoms with Crippen molar-refractivity contribution in [1.29, 1.82) is 0 Å². The van der Waals surface area contributed by atoms with Gasteiger partial charge in [-0.15, -0.1) is 0 Å². The highest BCUT2D eigenvalue weighted by molar-refractivity contribution is 5.76. The van der Waals surface area contributed by atoms with Gasteiger partial charge in [0.15, 0.2) is 5.60 Å². The van der Waals surface area contributed by atoms with E-state index in [1.807, 2.05) is 4.90 Å². The summed E-state index contributed by atoms with van der Waals surface area (Å²) in [6.07, 6.45) is -1.32. The van der Waals surface area contributed by atoms with Crippen molar-refractivity contribution in [3.8, 4) is 17.5 Å². The topological polar surface area (TPSA) is 119 Å². The summed E-state index contributed by atoms with van der Waals surface area (Å²) in [6.45, 7) is 4.73. The van der Waals surface area contributed by atoms with Crippen LogP contribution in [-0.2, 0) is 11.0 Å². The number of aromatic nitrogens is 3. The fourth-order valence-corrected chi connectivity index (χ4v) is 3.81. The summed E-state index contributed by atoms with van der Waals surface area (Å²) < 4.78 is 55.6. The van der Waals surface area contributed by atoms with Crippen LogP contribution in [-0.4, -0.2) is 57.9 Å². The molecule has 13 heteroatoms. The number of nitrogens with one attached hydrogen (secondary N) is 1. The highest BCUT2D eigenvalue weighted by Gasteiger charge is 2.30. The number of nitrogens with zero attached hydrogens (tertiary/aromatic N) is 4. The number of anilines is 3. The van der Waals surface area contributed by atoms with E-state index in [1.54, 1.807) is 24.3 Å². The third-order valence-corrected chi connectivity index (χ3v) is 6.01. The Bertz CT molecular complexity index is 1280. The molecule has 0 spiro atoms. The average Bonchev–Trinajstić information content (AvgIpc) is 2.92. The highest BCUT2D eigenvalue weighted by atomic mass is 19.4. The lowest BCUT2D eigenvalue weighted by atomic mass is 10.1. The second kappa shape index (κ2) is 12.3. The molecule has 1 aliphatic rings. The van der Waals surface area contributed by atoms with Gasteiger partial charge in [-0.1, -0.05) is 0 Å². The first kappa shape index (κ1) is 28.7. The van der Waals surface area contributed by atoms with Gasteiger partial charge in [0.25, 0.3) is 0 Å². The molecule has 1 aromatic heterocycles. The molecule has 40 heavy (non-hydrogen) atoms. The van der Waals surface area contributed by atoms with Crippen LogP contribution in [0.5, 0.6) is 17.5 Å². The molecular formula is C27H30F3N5O5. The lowest BCUT2D eigenvalue weighted by molar-refractivity contribution is -0.152. The molecule has 0 unspecified atom stereocenters. The van der Waals surface area contributed by atoms with E-state index < -0.39 is 23.3 Å². The van der Waals surface area contributed by atoms with Crippen molar-refractivity contribution in [3.05, 3.63) is 54.1 Å². The molecule has 0 saturated carbocycles. The molecule has 0 atom stereocenters. The molecule has 2 heterocycles. The van der Waals surface area contributed by atoms with E-state index in [2.05, 4.69) is 20.3 Å². The first-order valence-electron chi connectivity index (χ1n) is 12.7. The Morgan fingerprint density at radius 2 is 1.52 bits per heavy atom. The normalized spacial score (nSPS) is 14.0. The highest BCUT2D eigenvalue weighted by Crippen LogP contribution is 2.30. The van der Waals surface area contributed by atoms with E-state index in [9.17, 15) is 23.1 Å². The number of hydrogen-bond acceptors (Lipinski definition) is 9. The number of aliphatic carboxylic acids is 1. The van der Waals surface area contributed by atoms with E-state index in [1.165, 1.54) is 26.0 Å². The maximum Gasteiger partial charge on any atom is 0.416 e. The minimum atomic E-state index is -4.43. The molecule has 3 aromatic rings. The van der Waals surface area contributed by atoms with Gasteiger partial charge in [0, 0.05) is 18.8 Å². The molecule has 0 radical (unpaired) electrons. The number of alkyl halides is 3. The number of carboxylic acids is 1. The largest absolute Gasteiger partial charge is 0.490 e. The van der Waals surface area contributed by atoms with E-state index in [0.29, 0.717) is 23.1 Å². The van der Waals surface area contributed by atoms with Gasteiger partial charge in [0.1, 0.15) is 24.7 Å². The van der Waals surface area contributed by atoms with Crippen molar-refractivity contribution in [2.45, 2.75) is 44.9 Å². The summed E-state index contributed by atoms with van der Waals surface area (Å²) in [5.74, 6) is 0.397. The Hall–Kier alpha value is -4.29. The summed E-state index contributed by atoms with van der Waals surface area (Å²) in [5, 5.41) is 12.1. The van der Waals surface area contributed by atoms with Crippen molar-refractivity contribution in [3.63, 3.8) is 0 Å². The molecule has 1 fully saturated rings. The van der Waals surface area contributed by atoms with E-state index in [4.69, 9.17) is 14.2 Å². The molecular weight excluding hydrogens is 531 g/mol. The number of halogens is 3. The Labute approximate surface area is 229 Å². The van der Waals surface area contributed by atoms with Gasteiger partial charge in [-0.2, -0.15) is 28.1 Å². The number of piperidine rings is 1. The number of carbonyl (C=O) groups is 1. The van der Waals surface area contributed by atoms with Crippen molar-refractivity contribution < 1.29 is 37.3 Å². The minimum Gasteiger partial charge on any atom is -0.490 e.